The van der Waals surface area contributed by atoms with Crippen LogP contribution in [0.3, 0.4) is 0 Å². The van der Waals surface area contributed by atoms with Gasteiger partial charge in [-0.25, -0.2) is 0 Å². The molecule has 0 N–H and O–H groups in total. The van der Waals surface area contributed by atoms with Crippen molar-refractivity contribution >= 4 is 11.7 Å². The molecule has 0 radical (unpaired) electrons. The predicted octanol–water partition coefficient (Wildman–Crippen LogP) is 1.32. The number of carbonyl (C=O) groups is 2. The molecule has 1 aliphatic rings. The van der Waals surface area contributed by atoms with Gasteiger partial charge in [0.2, 0.25) is 0 Å². The SMILES string of the molecule is N#CCc1ccc(OCC(=O)N2CCC(=O)CC2)cc1. The van der Waals surface area contributed by atoms with E-state index in [1.54, 1.807) is 17.0 Å². The van der Waals surface area contributed by atoms with Crippen molar-refractivity contribution in [1.29, 1.82) is 5.26 Å². The minimum Gasteiger partial charge on any atom is -0.484 e. The van der Waals surface area contributed by atoms with Gasteiger partial charge in [0.1, 0.15) is 11.5 Å². The number of carbonyl (C=O) groups excluding carboxylic acids is 2. The molecular formula is C15H16N2O3. The first-order chi connectivity index (χ1) is 9.69. The molecule has 0 saturated carbocycles. The molecule has 5 nitrogen and oxygen atoms in total. The van der Waals surface area contributed by atoms with Crippen molar-refractivity contribution in [1.82, 2.24) is 4.90 Å². The fraction of sp³-hybridized carbons (Fsp3) is 0.400. The van der Waals surface area contributed by atoms with Crippen LogP contribution in [0.15, 0.2) is 24.3 Å². The van der Waals surface area contributed by atoms with E-state index < -0.39 is 0 Å². The average Bonchev–Trinajstić information content (AvgIpc) is 2.47. The first-order valence-corrected chi connectivity index (χ1v) is 6.57. The van der Waals surface area contributed by atoms with Crippen LogP contribution >= 0.6 is 0 Å². The van der Waals surface area contributed by atoms with Gasteiger partial charge in [-0.15, -0.1) is 0 Å². The highest BCUT2D eigenvalue weighted by molar-refractivity contribution is 5.83. The second-order valence-corrected chi connectivity index (χ2v) is 4.69. The van der Waals surface area contributed by atoms with Crippen LogP contribution in [0.4, 0.5) is 0 Å². The van der Waals surface area contributed by atoms with Gasteiger partial charge in [0.25, 0.3) is 5.91 Å². The zero-order valence-electron chi connectivity index (χ0n) is 11.2. The predicted molar refractivity (Wildman–Crippen MR) is 72.1 cm³/mol. The molecule has 0 unspecified atom stereocenters. The van der Waals surface area contributed by atoms with Crippen molar-refractivity contribution in [2.75, 3.05) is 19.7 Å². The molecule has 5 heteroatoms. The summed E-state index contributed by atoms with van der Waals surface area (Å²) in [6.07, 6.45) is 1.24. The molecule has 1 aromatic carbocycles. The summed E-state index contributed by atoms with van der Waals surface area (Å²) >= 11 is 0. The number of Topliss-reactive ketones (excluding diaryl/α,β-unsaturated/α-hetero) is 1. The first kappa shape index (κ1) is 14.1. The van der Waals surface area contributed by atoms with Crippen LogP contribution in [0.1, 0.15) is 18.4 Å². The minimum atomic E-state index is -0.0985. The maximum absolute atomic E-state index is 11.9. The second kappa shape index (κ2) is 6.71. The van der Waals surface area contributed by atoms with Crippen molar-refractivity contribution in [2.24, 2.45) is 0 Å². The third kappa shape index (κ3) is 3.82. The zero-order valence-corrected chi connectivity index (χ0v) is 11.2. The number of ketones is 1. The molecule has 1 saturated heterocycles. The number of nitrogens with zero attached hydrogens (tertiary/aromatic N) is 2. The highest BCUT2D eigenvalue weighted by Gasteiger charge is 2.20. The fourth-order valence-electron chi connectivity index (χ4n) is 2.04. The molecule has 104 valence electrons. The molecule has 1 aliphatic heterocycles. The lowest BCUT2D eigenvalue weighted by Gasteiger charge is -2.25. The van der Waals surface area contributed by atoms with Gasteiger partial charge in [0.05, 0.1) is 12.5 Å². The smallest absolute Gasteiger partial charge is 0.260 e. The molecule has 20 heavy (non-hydrogen) atoms. The van der Waals surface area contributed by atoms with Crippen LogP contribution in [-0.4, -0.2) is 36.3 Å². The van der Waals surface area contributed by atoms with Gasteiger partial charge in [-0.3, -0.25) is 9.59 Å². The van der Waals surface area contributed by atoms with E-state index in [1.807, 2.05) is 12.1 Å². The lowest BCUT2D eigenvalue weighted by atomic mass is 10.1. The summed E-state index contributed by atoms with van der Waals surface area (Å²) in [5, 5.41) is 8.57. The number of ether oxygens (including phenoxy) is 1. The van der Waals surface area contributed by atoms with Crippen LogP contribution in [0.2, 0.25) is 0 Å². The Labute approximate surface area is 117 Å². The van der Waals surface area contributed by atoms with Gasteiger partial charge >= 0.3 is 0 Å². The summed E-state index contributed by atoms with van der Waals surface area (Å²) < 4.78 is 5.42. The Balaban J connectivity index is 1.81. The monoisotopic (exact) mass is 272 g/mol. The Morgan fingerprint density at radius 1 is 1.25 bits per heavy atom. The van der Waals surface area contributed by atoms with Crippen LogP contribution in [0.5, 0.6) is 5.75 Å². The maximum Gasteiger partial charge on any atom is 0.260 e. The molecule has 0 bridgehead atoms. The third-order valence-electron chi connectivity index (χ3n) is 3.24. The lowest BCUT2D eigenvalue weighted by molar-refractivity contribution is -0.136. The third-order valence-corrected chi connectivity index (χ3v) is 3.24. The quantitative estimate of drug-likeness (QED) is 0.829. The van der Waals surface area contributed by atoms with Crippen molar-refractivity contribution in [3.63, 3.8) is 0 Å². The highest BCUT2D eigenvalue weighted by atomic mass is 16.5. The number of hydrogen-bond donors (Lipinski definition) is 0. The number of likely N-dealkylation sites (tertiary alicyclic amines) is 1. The van der Waals surface area contributed by atoms with Crippen LogP contribution in [0.25, 0.3) is 0 Å². The normalized spacial score (nSPS) is 14.8. The molecule has 0 spiro atoms. The van der Waals surface area contributed by atoms with Crippen molar-refractivity contribution < 1.29 is 14.3 Å². The Kier molecular flexibility index (Phi) is 4.72. The summed E-state index contributed by atoms with van der Waals surface area (Å²) in [5.41, 5.74) is 0.917. The second-order valence-electron chi connectivity index (χ2n) is 4.69. The van der Waals surface area contributed by atoms with E-state index in [-0.39, 0.29) is 18.3 Å². The van der Waals surface area contributed by atoms with Crippen molar-refractivity contribution in [3.05, 3.63) is 29.8 Å². The van der Waals surface area contributed by atoms with Gasteiger partial charge in [-0.2, -0.15) is 5.26 Å². The van der Waals surface area contributed by atoms with Gasteiger partial charge in [0.15, 0.2) is 6.61 Å². The minimum absolute atomic E-state index is 0.0220. The molecule has 1 fully saturated rings. The summed E-state index contributed by atoms with van der Waals surface area (Å²) in [6.45, 7) is 0.954. The number of benzene rings is 1. The van der Waals surface area contributed by atoms with E-state index in [0.29, 0.717) is 38.1 Å². The van der Waals surface area contributed by atoms with Crippen molar-refractivity contribution in [3.8, 4) is 11.8 Å². The summed E-state index contributed by atoms with van der Waals surface area (Å²) in [7, 11) is 0. The van der Waals surface area contributed by atoms with Gasteiger partial charge in [-0.05, 0) is 17.7 Å². The number of nitriles is 1. The van der Waals surface area contributed by atoms with Gasteiger partial charge in [-0.1, -0.05) is 12.1 Å². The number of hydrogen-bond acceptors (Lipinski definition) is 4. The fourth-order valence-corrected chi connectivity index (χ4v) is 2.04. The van der Waals surface area contributed by atoms with Crippen LogP contribution < -0.4 is 4.74 Å². The Bertz CT molecular complexity index is 521. The van der Waals surface area contributed by atoms with Crippen LogP contribution in [-0.2, 0) is 16.0 Å². The van der Waals surface area contributed by atoms with E-state index >= 15 is 0 Å². The summed E-state index contributed by atoms with van der Waals surface area (Å²) in [6, 6.07) is 9.19. The van der Waals surface area contributed by atoms with E-state index in [1.165, 1.54) is 0 Å². The molecule has 2 rings (SSSR count). The summed E-state index contributed by atoms with van der Waals surface area (Å²) in [5.74, 6) is 0.717. The molecule has 0 atom stereocenters. The van der Waals surface area contributed by atoms with Gasteiger partial charge < -0.3 is 9.64 Å². The largest absolute Gasteiger partial charge is 0.484 e. The van der Waals surface area contributed by atoms with E-state index in [4.69, 9.17) is 10.00 Å². The molecule has 0 aliphatic carbocycles. The number of amides is 1. The molecular weight excluding hydrogens is 256 g/mol. The Hall–Kier alpha value is -2.35. The van der Waals surface area contributed by atoms with E-state index in [2.05, 4.69) is 6.07 Å². The molecule has 1 amide bonds. The standard InChI is InChI=1S/C15H16N2O3/c16-8-5-12-1-3-14(4-2-12)20-11-15(19)17-9-6-13(18)7-10-17/h1-4H,5-7,9-11H2. The summed E-state index contributed by atoms with van der Waals surface area (Å²) in [4.78, 5) is 24.7. The van der Waals surface area contributed by atoms with Crippen LogP contribution in [0, 0.1) is 11.3 Å². The van der Waals surface area contributed by atoms with E-state index in [9.17, 15) is 9.59 Å². The molecule has 1 aromatic rings. The Morgan fingerprint density at radius 3 is 2.50 bits per heavy atom. The number of piperidine rings is 1. The van der Waals surface area contributed by atoms with Crippen molar-refractivity contribution in [2.45, 2.75) is 19.3 Å². The lowest BCUT2D eigenvalue weighted by Crippen LogP contribution is -2.41. The Morgan fingerprint density at radius 2 is 1.90 bits per heavy atom. The molecule has 0 aromatic heterocycles. The zero-order chi connectivity index (χ0) is 14.4. The highest BCUT2D eigenvalue weighted by Crippen LogP contribution is 2.13. The number of rotatable bonds is 4. The average molecular weight is 272 g/mol. The van der Waals surface area contributed by atoms with Gasteiger partial charge in [0, 0.05) is 25.9 Å². The topological polar surface area (TPSA) is 70.4 Å². The van der Waals surface area contributed by atoms with E-state index in [0.717, 1.165) is 5.56 Å². The first-order valence-electron chi connectivity index (χ1n) is 6.57. The maximum atomic E-state index is 11.9. The molecule has 1 heterocycles.